The molecule has 2 aromatic carbocycles. The summed E-state index contributed by atoms with van der Waals surface area (Å²) in [4.78, 5) is 15.8. The Balaban J connectivity index is 1.61. The van der Waals surface area contributed by atoms with Crippen LogP contribution < -0.4 is 10.6 Å². The molecule has 1 aliphatic heterocycles. The molecular weight excluding hydrogens is 364 g/mol. The molecule has 0 spiro atoms. The van der Waals surface area contributed by atoms with E-state index in [0.717, 1.165) is 29.1 Å². The van der Waals surface area contributed by atoms with Gasteiger partial charge in [0.2, 0.25) is 0 Å². The van der Waals surface area contributed by atoms with Gasteiger partial charge < -0.3 is 10.6 Å². The van der Waals surface area contributed by atoms with Gasteiger partial charge in [-0.3, -0.25) is 4.79 Å². The largest absolute Gasteiger partial charge is 0.372 e. The second-order valence-corrected chi connectivity index (χ2v) is 8.85. The number of anilines is 2. The lowest BCUT2D eigenvalue weighted by Gasteiger charge is -2.29. The maximum atomic E-state index is 13.4. The number of benzene rings is 2. The lowest BCUT2D eigenvalue weighted by atomic mass is 9.79. The van der Waals surface area contributed by atoms with Gasteiger partial charge in [0.15, 0.2) is 5.78 Å². The number of hydrogen-bond donors (Lipinski definition) is 2. The summed E-state index contributed by atoms with van der Waals surface area (Å²) in [6.07, 6.45) is 1.41. The fourth-order valence-electron chi connectivity index (χ4n) is 4.28. The van der Waals surface area contributed by atoms with E-state index >= 15 is 0 Å². The molecule has 0 saturated heterocycles. The van der Waals surface area contributed by atoms with Gasteiger partial charge >= 0.3 is 0 Å². The van der Waals surface area contributed by atoms with E-state index in [1.165, 1.54) is 15.3 Å². The molecule has 4 heteroatoms. The average molecular weight is 387 g/mol. The van der Waals surface area contributed by atoms with Crippen molar-refractivity contribution in [2.24, 2.45) is 0 Å². The summed E-state index contributed by atoms with van der Waals surface area (Å²) in [6, 6.07) is 22.8. The van der Waals surface area contributed by atoms with Crippen LogP contribution in [0.4, 0.5) is 11.4 Å². The highest BCUT2D eigenvalue weighted by atomic mass is 32.1. The molecule has 0 unspecified atom stereocenters. The van der Waals surface area contributed by atoms with Crippen LogP contribution in [0.25, 0.3) is 0 Å². The van der Waals surface area contributed by atoms with E-state index in [9.17, 15) is 4.79 Å². The maximum absolute atomic E-state index is 13.4. The monoisotopic (exact) mass is 386 g/mol. The van der Waals surface area contributed by atoms with E-state index < -0.39 is 0 Å². The molecule has 0 bridgehead atoms. The SMILES string of the molecule is Cc1ccc([C@H]2Nc3ccccc3NC3=C2C(=O)C[C@H](c2ccccc2)C3)s1. The predicted molar refractivity (Wildman–Crippen MR) is 116 cm³/mol. The van der Waals surface area contributed by atoms with Crippen LogP contribution in [0.3, 0.4) is 0 Å². The number of nitrogens with one attached hydrogen (secondary N) is 2. The minimum atomic E-state index is -0.103. The Morgan fingerprint density at radius 3 is 2.39 bits per heavy atom. The summed E-state index contributed by atoms with van der Waals surface area (Å²) in [7, 11) is 0. The van der Waals surface area contributed by atoms with Gasteiger partial charge in [-0.05, 0) is 49.1 Å². The van der Waals surface area contributed by atoms with Crippen LogP contribution in [0.2, 0.25) is 0 Å². The van der Waals surface area contributed by atoms with Gasteiger partial charge in [0, 0.05) is 27.4 Å². The quantitative estimate of drug-likeness (QED) is 0.564. The molecule has 2 aliphatic rings. The predicted octanol–water partition coefficient (Wildman–Crippen LogP) is 6.04. The molecule has 0 fully saturated rings. The summed E-state index contributed by atoms with van der Waals surface area (Å²) in [6.45, 7) is 2.11. The Kier molecular flexibility index (Phi) is 4.29. The Morgan fingerprint density at radius 1 is 0.893 bits per heavy atom. The number of para-hydroxylation sites is 2. The number of aryl methyl sites for hydroxylation is 1. The molecule has 28 heavy (non-hydrogen) atoms. The number of Topliss-reactive ketones (excluding diaryl/α,β-unsaturated/α-hetero) is 1. The molecule has 0 saturated carbocycles. The van der Waals surface area contributed by atoms with Crippen LogP contribution in [0.5, 0.6) is 0 Å². The molecule has 140 valence electrons. The van der Waals surface area contributed by atoms with E-state index in [2.05, 4.69) is 66.1 Å². The van der Waals surface area contributed by atoms with Crippen LogP contribution >= 0.6 is 11.3 Å². The van der Waals surface area contributed by atoms with Crippen molar-refractivity contribution in [1.29, 1.82) is 0 Å². The Labute approximate surface area is 169 Å². The van der Waals surface area contributed by atoms with Gasteiger partial charge in [0.1, 0.15) is 0 Å². The number of fused-ring (bicyclic) bond motifs is 1. The molecule has 0 radical (unpaired) electrons. The van der Waals surface area contributed by atoms with Crippen molar-refractivity contribution in [2.45, 2.75) is 31.7 Å². The summed E-state index contributed by atoms with van der Waals surface area (Å²) < 4.78 is 0. The number of rotatable bonds is 2. The fraction of sp³-hybridized carbons (Fsp3) is 0.208. The van der Waals surface area contributed by atoms with Gasteiger partial charge in [-0.25, -0.2) is 0 Å². The minimum Gasteiger partial charge on any atom is -0.372 e. The highest BCUT2D eigenvalue weighted by Gasteiger charge is 2.36. The molecule has 1 aliphatic carbocycles. The zero-order chi connectivity index (χ0) is 19.1. The van der Waals surface area contributed by atoms with Crippen LogP contribution in [-0.2, 0) is 4.79 Å². The number of hydrogen-bond acceptors (Lipinski definition) is 4. The summed E-state index contributed by atoms with van der Waals surface area (Å²) in [5, 5.41) is 7.24. The summed E-state index contributed by atoms with van der Waals surface area (Å²) in [5.41, 5.74) is 5.26. The van der Waals surface area contributed by atoms with Gasteiger partial charge in [-0.15, -0.1) is 11.3 Å². The van der Waals surface area contributed by atoms with Crippen LogP contribution in [0.15, 0.2) is 78.0 Å². The summed E-state index contributed by atoms with van der Waals surface area (Å²) >= 11 is 1.76. The molecule has 2 atom stereocenters. The third-order valence-corrected chi connectivity index (χ3v) is 6.69. The van der Waals surface area contributed by atoms with Crippen molar-refractivity contribution in [3.63, 3.8) is 0 Å². The topological polar surface area (TPSA) is 41.1 Å². The normalized spacial score (nSPS) is 21.2. The third kappa shape index (κ3) is 3.04. The van der Waals surface area contributed by atoms with E-state index in [0.29, 0.717) is 6.42 Å². The van der Waals surface area contributed by atoms with Crippen molar-refractivity contribution >= 4 is 28.5 Å². The van der Waals surface area contributed by atoms with Crippen molar-refractivity contribution in [2.75, 3.05) is 10.6 Å². The van der Waals surface area contributed by atoms with E-state index in [4.69, 9.17) is 0 Å². The van der Waals surface area contributed by atoms with Crippen molar-refractivity contribution < 1.29 is 4.79 Å². The van der Waals surface area contributed by atoms with Gasteiger partial charge in [0.05, 0.1) is 17.4 Å². The second-order valence-electron chi connectivity index (χ2n) is 7.53. The molecule has 0 amide bonds. The molecule has 1 aromatic heterocycles. The van der Waals surface area contributed by atoms with Crippen molar-refractivity contribution in [3.05, 3.63) is 93.3 Å². The molecule has 3 aromatic rings. The third-order valence-electron chi connectivity index (χ3n) is 5.63. The molecule has 3 nitrogen and oxygen atoms in total. The number of thiophene rings is 1. The van der Waals surface area contributed by atoms with Crippen LogP contribution in [-0.4, -0.2) is 5.78 Å². The first-order chi connectivity index (χ1) is 13.7. The van der Waals surface area contributed by atoms with Crippen LogP contribution in [0.1, 0.15) is 40.1 Å². The average Bonchev–Trinajstić information content (AvgIpc) is 3.06. The van der Waals surface area contributed by atoms with Gasteiger partial charge in [-0.2, -0.15) is 0 Å². The minimum absolute atomic E-state index is 0.103. The van der Waals surface area contributed by atoms with E-state index in [-0.39, 0.29) is 17.7 Å². The molecular formula is C24H22N2OS. The van der Waals surface area contributed by atoms with Crippen LogP contribution in [0, 0.1) is 6.92 Å². The van der Waals surface area contributed by atoms with E-state index in [1.54, 1.807) is 11.3 Å². The van der Waals surface area contributed by atoms with Crippen molar-refractivity contribution in [1.82, 2.24) is 0 Å². The molecule has 5 rings (SSSR count). The number of carbonyl (C=O) groups is 1. The first-order valence-corrected chi connectivity index (χ1v) is 10.5. The first-order valence-electron chi connectivity index (χ1n) is 9.69. The maximum Gasteiger partial charge on any atom is 0.163 e. The zero-order valence-corrected chi connectivity index (χ0v) is 16.6. The first kappa shape index (κ1) is 17.3. The number of carbonyl (C=O) groups excluding carboxylic acids is 1. The second kappa shape index (κ2) is 6.95. The molecule has 2 N–H and O–H groups in total. The Bertz CT molecular complexity index is 1070. The lowest BCUT2D eigenvalue weighted by molar-refractivity contribution is -0.116. The smallest absolute Gasteiger partial charge is 0.163 e. The highest BCUT2D eigenvalue weighted by Crippen LogP contribution is 2.45. The highest BCUT2D eigenvalue weighted by molar-refractivity contribution is 7.12. The zero-order valence-electron chi connectivity index (χ0n) is 15.7. The Morgan fingerprint density at radius 2 is 1.64 bits per heavy atom. The number of allylic oxidation sites excluding steroid dienone is 1. The molecule has 2 heterocycles. The Hall–Kier alpha value is -2.85. The summed E-state index contributed by atoms with van der Waals surface area (Å²) in [5.74, 6) is 0.454. The van der Waals surface area contributed by atoms with Gasteiger partial charge in [0.25, 0.3) is 0 Å². The van der Waals surface area contributed by atoms with Gasteiger partial charge in [-0.1, -0.05) is 42.5 Å². The van der Waals surface area contributed by atoms with E-state index in [1.807, 2.05) is 18.2 Å². The lowest BCUT2D eigenvalue weighted by Crippen LogP contribution is -2.26. The number of ketones is 1. The van der Waals surface area contributed by atoms with Crippen molar-refractivity contribution in [3.8, 4) is 0 Å². The standard InChI is InChI=1S/C24H22N2OS/c1-15-11-12-22(28-15)24-23-20(25-18-9-5-6-10-19(18)26-24)13-17(14-21(23)27)16-7-3-2-4-8-16/h2-12,17,24-26H,13-14H2,1H3/t17-,24-/m1/s1. The fourth-order valence-corrected chi connectivity index (χ4v) is 5.21.